The van der Waals surface area contributed by atoms with Crippen molar-refractivity contribution in [3.8, 4) is 11.4 Å². The molecule has 0 saturated carbocycles. The van der Waals surface area contributed by atoms with Gasteiger partial charge in [0.25, 0.3) is 0 Å². The van der Waals surface area contributed by atoms with Gasteiger partial charge < -0.3 is 10.4 Å². The van der Waals surface area contributed by atoms with Crippen LogP contribution >= 0.6 is 11.8 Å². The third-order valence-corrected chi connectivity index (χ3v) is 7.57. The Morgan fingerprint density at radius 2 is 1.68 bits per heavy atom. The number of hydrogen-bond donors (Lipinski definition) is 2. The maximum absolute atomic E-state index is 13.0. The number of rotatable bonds is 8. The molecule has 1 unspecified atom stereocenters. The summed E-state index contributed by atoms with van der Waals surface area (Å²) in [5, 5.41) is 20.5. The molecule has 0 aliphatic rings. The first-order valence-electron chi connectivity index (χ1n) is 10.4. The highest BCUT2D eigenvalue weighted by Gasteiger charge is 2.25. The zero-order valence-electron chi connectivity index (χ0n) is 18.2. The van der Waals surface area contributed by atoms with Crippen LogP contribution in [-0.4, -0.2) is 39.4 Å². The summed E-state index contributed by atoms with van der Waals surface area (Å²) in [4.78, 5) is 12.9. The maximum atomic E-state index is 13.0. The van der Waals surface area contributed by atoms with Crippen molar-refractivity contribution in [2.75, 3.05) is 5.32 Å². The molecular formula is C24H22N4O4S2. The molecular weight excluding hydrogens is 472 g/mol. The van der Waals surface area contributed by atoms with Crippen molar-refractivity contribution in [2.24, 2.45) is 0 Å². The van der Waals surface area contributed by atoms with Crippen LogP contribution in [0.4, 0.5) is 5.69 Å². The fraction of sp³-hybridized carbons (Fsp3) is 0.125. The van der Waals surface area contributed by atoms with Crippen LogP contribution in [0.25, 0.3) is 5.69 Å². The summed E-state index contributed by atoms with van der Waals surface area (Å²) < 4.78 is 27.6. The minimum Gasteiger partial charge on any atom is -0.508 e. The lowest BCUT2D eigenvalue weighted by molar-refractivity contribution is -0.115. The van der Waals surface area contributed by atoms with E-state index in [1.54, 1.807) is 54.0 Å². The predicted molar refractivity (Wildman–Crippen MR) is 131 cm³/mol. The Labute approximate surface area is 201 Å². The van der Waals surface area contributed by atoms with Crippen LogP contribution in [0.3, 0.4) is 0 Å². The molecule has 8 nitrogen and oxygen atoms in total. The van der Waals surface area contributed by atoms with Crippen molar-refractivity contribution in [3.63, 3.8) is 0 Å². The Hall–Kier alpha value is -3.63. The highest BCUT2D eigenvalue weighted by Crippen LogP contribution is 2.28. The molecule has 174 valence electrons. The minimum atomic E-state index is -3.66. The zero-order chi connectivity index (χ0) is 24.1. The molecule has 0 aliphatic carbocycles. The van der Waals surface area contributed by atoms with Gasteiger partial charge in [-0.25, -0.2) is 8.42 Å². The number of phenolic OH excluding ortho intramolecular Hbond substituents is 1. The molecule has 2 N–H and O–H groups in total. The average Bonchev–Trinajstić information content (AvgIpc) is 3.21. The number of carbonyl (C=O) groups excluding carboxylic acids is 1. The summed E-state index contributed by atoms with van der Waals surface area (Å²) in [5.41, 5.74) is 1.16. The fourth-order valence-corrected chi connectivity index (χ4v) is 5.38. The van der Waals surface area contributed by atoms with Crippen LogP contribution in [0.2, 0.25) is 0 Å². The normalized spacial score (nSPS) is 12.3. The molecule has 4 rings (SSSR count). The van der Waals surface area contributed by atoms with E-state index >= 15 is 0 Å². The molecule has 0 bridgehead atoms. The minimum absolute atomic E-state index is 0.0474. The zero-order valence-corrected chi connectivity index (χ0v) is 19.8. The Morgan fingerprint density at radius 1 is 1.00 bits per heavy atom. The van der Waals surface area contributed by atoms with E-state index in [-0.39, 0.29) is 28.1 Å². The van der Waals surface area contributed by atoms with Crippen molar-refractivity contribution < 1.29 is 18.3 Å². The van der Waals surface area contributed by atoms with Crippen LogP contribution in [0.5, 0.6) is 5.75 Å². The number of thioether (sulfide) groups is 1. The van der Waals surface area contributed by atoms with Crippen molar-refractivity contribution in [3.05, 3.63) is 90.8 Å². The second kappa shape index (κ2) is 10.1. The van der Waals surface area contributed by atoms with E-state index in [0.717, 1.165) is 11.8 Å². The second-order valence-electron chi connectivity index (χ2n) is 7.44. The lowest BCUT2D eigenvalue weighted by Gasteiger charge is -2.14. The summed E-state index contributed by atoms with van der Waals surface area (Å²) in [5.74, 6) is -0.343. The van der Waals surface area contributed by atoms with Crippen LogP contribution in [0, 0.1) is 0 Å². The lowest BCUT2D eigenvalue weighted by atomic mass is 10.3. The molecule has 0 fully saturated rings. The van der Waals surface area contributed by atoms with Crippen LogP contribution in [0.1, 0.15) is 12.7 Å². The monoisotopic (exact) mass is 494 g/mol. The molecule has 1 heterocycles. The number of anilines is 1. The van der Waals surface area contributed by atoms with Gasteiger partial charge in [0.1, 0.15) is 11.5 Å². The summed E-state index contributed by atoms with van der Waals surface area (Å²) in [6.07, 6.45) is 0. The van der Waals surface area contributed by atoms with Crippen molar-refractivity contribution in [1.82, 2.24) is 14.8 Å². The standard InChI is InChI=1S/C24H22N4O4S2/c1-17(23(30)25-18-9-8-12-20(29)15-18)33-24-27-26-22(28(24)19-10-4-2-5-11-19)16-34(31,32)21-13-6-3-7-14-21/h2-15,17,29H,16H2,1H3,(H,25,30). The smallest absolute Gasteiger partial charge is 0.237 e. The molecule has 1 amide bonds. The number of phenols is 1. The predicted octanol–water partition coefficient (Wildman–Crippen LogP) is 4.07. The third kappa shape index (κ3) is 5.46. The van der Waals surface area contributed by atoms with Gasteiger partial charge in [-0.05, 0) is 43.3 Å². The van der Waals surface area contributed by atoms with E-state index in [1.165, 1.54) is 12.1 Å². The number of aromatic nitrogens is 3. The van der Waals surface area contributed by atoms with Crippen LogP contribution in [-0.2, 0) is 20.4 Å². The number of nitrogens with zero attached hydrogens (tertiary/aromatic N) is 3. The van der Waals surface area contributed by atoms with Gasteiger partial charge in [-0.15, -0.1) is 10.2 Å². The Morgan fingerprint density at radius 3 is 2.35 bits per heavy atom. The number of para-hydroxylation sites is 1. The van der Waals surface area contributed by atoms with Gasteiger partial charge in [-0.3, -0.25) is 9.36 Å². The quantitative estimate of drug-likeness (QED) is 0.355. The number of carbonyl (C=O) groups is 1. The molecule has 4 aromatic rings. The van der Waals surface area contributed by atoms with Gasteiger partial charge in [0.05, 0.1) is 10.1 Å². The number of benzene rings is 3. The number of sulfone groups is 1. The molecule has 0 aliphatic heterocycles. The van der Waals surface area contributed by atoms with Crippen molar-refractivity contribution in [1.29, 1.82) is 0 Å². The largest absolute Gasteiger partial charge is 0.508 e. The van der Waals surface area contributed by atoms with E-state index in [1.807, 2.05) is 30.3 Å². The Kier molecular flexibility index (Phi) is 6.99. The van der Waals surface area contributed by atoms with Gasteiger partial charge in [-0.2, -0.15) is 0 Å². The maximum Gasteiger partial charge on any atom is 0.237 e. The first-order chi connectivity index (χ1) is 16.3. The van der Waals surface area contributed by atoms with E-state index in [0.29, 0.717) is 16.5 Å². The van der Waals surface area contributed by atoms with Gasteiger partial charge in [0.15, 0.2) is 20.8 Å². The Balaban J connectivity index is 1.61. The average molecular weight is 495 g/mol. The van der Waals surface area contributed by atoms with Gasteiger partial charge in [0, 0.05) is 17.4 Å². The van der Waals surface area contributed by atoms with Crippen molar-refractivity contribution >= 4 is 33.2 Å². The SMILES string of the molecule is CC(Sc1nnc(CS(=O)(=O)c2ccccc2)n1-c1ccccc1)C(=O)Nc1cccc(O)c1. The van der Waals surface area contributed by atoms with E-state index < -0.39 is 15.1 Å². The van der Waals surface area contributed by atoms with E-state index in [2.05, 4.69) is 15.5 Å². The molecule has 1 aromatic heterocycles. The van der Waals surface area contributed by atoms with E-state index in [4.69, 9.17) is 0 Å². The molecule has 3 aromatic carbocycles. The molecule has 1 atom stereocenters. The summed E-state index contributed by atoms with van der Waals surface area (Å²) in [6.45, 7) is 1.72. The highest BCUT2D eigenvalue weighted by molar-refractivity contribution is 8.00. The first kappa shape index (κ1) is 23.5. The third-order valence-electron chi connectivity index (χ3n) is 4.90. The molecule has 34 heavy (non-hydrogen) atoms. The number of aromatic hydroxyl groups is 1. The van der Waals surface area contributed by atoms with Gasteiger partial charge in [0.2, 0.25) is 5.91 Å². The number of hydrogen-bond acceptors (Lipinski definition) is 7. The molecule has 0 radical (unpaired) electrons. The number of nitrogens with one attached hydrogen (secondary N) is 1. The molecule has 10 heteroatoms. The number of amides is 1. The van der Waals surface area contributed by atoms with Crippen LogP contribution < -0.4 is 5.32 Å². The first-order valence-corrected chi connectivity index (χ1v) is 12.9. The van der Waals surface area contributed by atoms with Crippen LogP contribution in [0.15, 0.2) is 95.0 Å². The Bertz CT molecular complexity index is 1390. The summed E-state index contributed by atoms with van der Waals surface area (Å²) in [7, 11) is -3.66. The van der Waals surface area contributed by atoms with Gasteiger partial charge in [-0.1, -0.05) is 54.2 Å². The lowest BCUT2D eigenvalue weighted by Crippen LogP contribution is -2.23. The fourth-order valence-electron chi connectivity index (χ4n) is 3.23. The van der Waals surface area contributed by atoms with Crippen molar-refractivity contribution in [2.45, 2.75) is 28.0 Å². The molecule has 0 spiro atoms. The topological polar surface area (TPSA) is 114 Å². The second-order valence-corrected chi connectivity index (χ2v) is 10.7. The van der Waals surface area contributed by atoms with E-state index in [9.17, 15) is 18.3 Å². The summed E-state index contributed by atoms with van der Waals surface area (Å²) in [6, 6.07) is 23.6. The summed E-state index contributed by atoms with van der Waals surface area (Å²) >= 11 is 1.16. The molecule has 0 saturated heterocycles. The van der Waals surface area contributed by atoms with Gasteiger partial charge >= 0.3 is 0 Å². The highest BCUT2D eigenvalue weighted by atomic mass is 32.2.